The molecule has 0 aliphatic carbocycles. The molecule has 2 atom stereocenters. The first-order valence-electron chi connectivity index (χ1n) is 4.59. The predicted molar refractivity (Wildman–Crippen MR) is 53.1 cm³/mol. The highest BCUT2D eigenvalue weighted by molar-refractivity contribution is 5.77. The van der Waals surface area contributed by atoms with Crippen molar-refractivity contribution in [2.24, 2.45) is 0 Å². The number of methoxy groups -OCH3 is 1. The van der Waals surface area contributed by atoms with Gasteiger partial charge in [-0.1, -0.05) is 6.08 Å². The van der Waals surface area contributed by atoms with Gasteiger partial charge in [-0.05, 0) is 12.2 Å². The summed E-state index contributed by atoms with van der Waals surface area (Å²) >= 11 is 0. The number of ether oxygens (including phenoxy) is 1. The highest BCUT2D eigenvalue weighted by Crippen LogP contribution is 2.18. The molecule has 0 fully saturated rings. The van der Waals surface area contributed by atoms with E-state index in [1.165, 1.54) is 7.11 Å². The molecule has 0 aromatic carbocycles. The number of rotatable bonds is 2. The summed E-state index contributed by atoms with van der Waals surface area (Å²) in [7, 11) is 1.24. The van der Waals surface area contributed by atoms with Gasteiger partial charge in [0.05, 0.1) is 12.8 Å². The lowest BCUT2D eigenvalue weighted by Crippen LogP contribution is -2.36. The maximum Gasteiger partial charge on any atom is 0.340 e. The van der Waals surface area contributed by atoms with Crippen LogP contribution in [0.4, 0.5) is 0 Å². The van der Waals surface area contributed by atoms with Crippen molar-refractivity contribution in [3.8, 4) is 0 Å². The summed E-state index contributed by atoms with van der Waals surface area (Å²) in [5.74, 6) is -0.665. The Morgan fingerprint density at radius 3 is 3.13 bits per heavy atom. The molecule has 80 valence electrons. The van der Waals surface area contributed by atoms with Crippen LogP contribution < -0.4 is 5.32 Å². The van der Waals surface area contributed by atoms with Gasteiger partial charge < -0.3 is 20.1 Å². The van der Waals surface area contributed by atoms with Gasteiger partial charge in [0, 0.05) is 12.4 Å². The molecule has 0 spiro atoms. The number of allylic oxidation sites excluding steroid dienone is 2. The molecule has 0 radical (unpaired) electrons. The number of esters is 1. The second-order valence-electron chi connectivity index (χ2n) is 3.27. The molecule has 0 aromatic heterocycles. The number of carbonyl (C=O) groups is 1. The van der Waals surface area contributed by atoms with Crippen LogP contribution in [0, 0.1) is 0 Å². The van der Waals surface area contributed by atoms with Gasteiger partial charge in [-0.25, -0.2) is 4.79 Å². The molecule has 2 aliphatic heterocycles. The number of nitrogens with one attached hydrogen (secondary N) is 1. The maximum absolute atomic E-state index is 11.1. The number of hydrogen-bond donors (Lipinski definition) is 2. The second-order valence-corrected chi connectivity index (χ2v) is 3.27. The minimum absolute atomic E-state index is 0.0238. The van der Waals surface area contributed by atoms with Gasteiger partial charge >= 0.3 is 5.97 Å². The Kier molecular flexibility index (Phi) is 2.47. The van der Waals surface area contributed by atoms with Crippen LogP contribution in [0.1, 0.15) is 0 Å². The van der Waals surface area contributed by atoms with Crippen molar-refractivity contribution in [3.63, 3.8) is 0 Å². The number of nitrogens with zero attached hydrogens (tertiary/aromatic N) is 1. The lowest BCUT2D eigenvalue weighted by atomic mass is 10.3. The third-order valence-electron chi connectivity index (χ3n) is 2.31. The molecule has 0 amide bonds. The minimum Gasteiger partial charge on any atom is -0.467 e. The van der Waals surface area contributed by atoms with Crippen LogP contribution in [0.5, 0.6) is 0 Å². The average Bonchev–Trinajstić information content (AvgIpc) is 2.70. The zero-order valence-corrected chi connectivity index (χ0v) is 8.25. The van der Waals surface area contributed by atoms with Crippen LogP contribution in [0.3, 0.4) is 0 Å². The van der Waals surface area contributed by atoms with E-state index in [2.05, 4.69) is 10.1 Å². The highest BCUT2D eigenvalue weighted by Gasteiger charge is 2.29. The molecular weight excluding hydrogens is 196 g/mol. The molecule has 0 aromatic rings. The van der Waals surface area contributed by atoms with Crippen molar-refractivity contribution in [1.29, 1.82) is 0 Å². The largest absolute Gasteiger partial charge is 0.467 e. The summed E-state index contributed by atoms with van der Waals surface area (Å²) in [5, 5.41) is 12.6. The summed E-state index contributed by atoms with van der Waals surface area (Å²) in [6.07, 6.45) is 7.97. The van der Waals surface area contributed by atoms with Gasteiger partial charge in [0.1, 0.15) is 6.17 Å². The molecule has 5 heteroatoms. The summed E-state index contributed by atoms with van der Waals surface area (Å²) in [4.78, 5) is 13.0. The van der Waals surface area contributed by atoms with Crippen LogP contribution in [-0.2, 0) is 9.53 Å². The molecule has 0 bridgehead atoms. The Morgan fingerprint density at radius 2 is 2.47 bits per heavy atom. The topological polar surface area (TPSA) is 61.8 Å². The molecule has 15 heavy (non-hydrogen) atoms. The number of hydrogen-bond acceptors (Lipinski definition) is 5. The molecule has 2 N–H and O–H groups in total. The smallest absolute Gasteiger partial charge is 0.340 e. The van der Waals surface area contributed by atoms with Gasteiger partial charge in [-0.3, -0.25) is 0 Å². The fourth-order valence-corrected chi connectivity index (χ4v) is 1.51. The van der Waals surface area contributed by atoms with E-state index < -0.39 is 12.1 Å². The van der Waals surface area contributed by atoms with Crippen molar-refractivity contribution >= 4 is 5.97 Å². The van der Waals surface area contributed by atoms with Crippen LogP contribution in [0.2, 0.25) is 0 Å². The quantitative estimate of drug-likeness (QED) is 0.609. The molecule has 2 heterocycles. The Hall–Kier alpha value is -1.75. The van der Waals surface area contributed by atoms with E-state index in [1.54, 1.807) is 6.20 Å². The summed E-state index contributed by atoms with van der Waals surface area (Å²) < 4.78 is 4.45. The highest BCUT2D eigenvalue weighted by atomic mass is 16.5. The zero-order valence-electron chi connectivity index (χ0n) is 8.25. The average molecular weight is 208 g/mol. The number of carbonyl (C=O) groups excluding carboxylic acids is 1. The van der Waals surface area contributed by atoms with Crippen LogP contribution >= 0.6 is 0 Å². The van der Waals surface area contributed by atoms with E-state index in [0.29, 0.717) is 5.70 Å². The van der Waals surface area contributed by atoms with Crippen molar-refractivity contribution in [2.45, 2.75) is 12.3 Å². The van der Waals surface area contributed by atoms with Crippen LogP contribution in [0.15, 0.2) is 36.3 Å². The Labute approximate surface area is 87.3 Å². The zero-order chi connectivity index (χ0) is 10.8. The fraction of sp³-hybridized carbons (Fsp3) is 0.300. The molecular formula is C10H12N2O3. The molecule has 2 aliphatic rings. The molecule has 5 nitrogen and oxygen atoms in total. The van der Waals surface area contributed by atoms with E-state index in [0.717, 1.165) is 0 Å². The van der Waals surface area contributed by atoms with Gasteiger partial charge in [-0.15, -0.1) is 0 Å². The maximum atomic E-state index is 11.1. The Morgan fingerprint density at radius 1 is 1.67 bits per heavy atom. The summed E-state index contributed by atoms with van der Waals surface area (Å²) in [6.45, 7) is 0. The van der Waals surface area contributed by atoms with E-state index in [9.17, 15) is 9.90 Å². The van der Waals surface area contributed by atoms with E-state index in [1.807, 2.05) is 29.3 Å². The van der Waals surface area contributed by atoms with E-state index >= 15 is 0 Å². The first kappa shape index (κ1) is 9.79. The van der Waals surface area contributed by atoms with Gasteiger partial charge in [0.2, 0.25) is 0 Å². The predicted octanol–water partition coefficient (Wildman–Crippen LogP) is -0.324. The van der Waals surface area contributed by atoms with Crippen molar-refractivity contribution in [1.82, 2.24) is 10.2 Å². The standard InChI is InChI=1S/C10H12N2O3/c1-15-10(14)9(13)7-6-12-5-3-2-4-8(12)11-7/h2-6,8-9,11,13H,1H3. The third-order valence-corrected chi connectivity index (χ3v) is 2.31. The monoisotopic (exact) mass is 208 g/mol. The van der Waals surface area contributed by atoms with Gasteiger partial charge in [0.15, 0.2) is 6.10 Å². The van der Waals surface area contributed by atoms with Crippen LogP contribution in [-0.4, -0.2) is 35.4 Å². The van der Waals surface area contributed by atoms with Crippen molar-refractivity contribution < 1.29 is 14.6 Å². The molecule has 0 saturated carbocycles. The second kappa shape index (κ2) is 3.78. The normalized spacial score (nSPS) is 24.3. The van der Waals surface area contributed by atoms with Crippen molar-refractivity contribution in [3.05, 3.63) is 36.3 Å². The number of aliphatic hydroxyl groups is 1. The van der Waals surface area contributed by atoms with E-state index in [4.69, 9.17) is 0 Å². The Bertz CT molecular complexity index is 360. The lowest BCUT2D eigenvalue weighted by Gasteiger charge is -2.21. The SMILES string of the molecule is COC(=O)C(O)C1=CN2C=CC=CC2N1. The third kappa shape index (κ3) is 1.73. The molecule has 2 rings (SSSR count). The summed E-state index contributed by atoms with van der Waals surface area (Å²) in [5.41, 5.74) is 0.447. The first-order chi connectivity index (χ1) is 7.22. The first-order valence-corrected chi connectivity index (χ1v) is 4.59. The van der Waals surface area contributed by atoms with Crippen molar-refractivity contribution in [2.75, 3.05) is 7.11 Å². The van der Waals surface area contributed by atoms with Crippen LogP contribution in [0.25, 0.3) is 0 Å². The summed E-state index contributed by atoms with van der Waals surface area (Å²) in [6, 6.07) is 0. The van der Waals surface area contributed by atoms with E-state index in [-0.39, 0.29) is 6.17 Å². The lowest BCUT2D eigenvalue weighted by molar-refractivity contribution is -0.148. The van der Waals surface area contributed by atoms with Gasteiger partial charge in [0.25, 0.3) is 0 Å². The number of aliphatic hydroxyl groups excluding tert-OH is 1. The molecule has 2 unspecified atom stereocenters. The van der Waals surface area contributed by atoms with Gasteiger partial charge in [-0.2, -0.15) is 0 Å². The minimum atomic E-state index is -1.25. The number of fused-ring (bicyclic) bond motifs is 1. The Balaban J connectivity index is 2.10. The molecule has 0 saturated heterocycles. The fourth-order valence-electron chi connectivity index (χ4n) is 1.51.